The van der Waals surface area contributed by atoms with Gasteiger partial charge in [0.25, 0.3) is 0 Å². The van der Waals surface area contributed by atoms with E-state index < -0.39 is 5.97 Å². The fraction of sp³-hybridized carbons (Fsp3) is 0.294. The molecular formula is C17H18N2O2S. The molecule has 0 spiro atoms. The number of benzene rings is 1. The Bertz CT molecular complexity index is 861. The van der Waals surface area contributed by atoms with Crippen LogP contribution in [0.25, 0.3) is 16.2 Å². The summed E-state index contributed by atoms with van der Waals surface area (Å²) in [5, 5.41) is 11.6. The first-order valence-corrected chi connectivity index (χ1v) is 8.20. The van der Waals surface area contributed by atoms with E-state index in [4.69, 9.17) is 0 Å². The summed E-state index contributed by atoms with van der Waals surface area (Å²) in [4.78, 5) is 17.0. The van der Waals surface area contributed by atoms with Crippen molar-refractivity contribution >= 4 is 22.3 Å². The number of aromatic carboxylic acids is 1. The quantitative estimate of drug-likeness (QED) is 0.780. The molecular weight excluding hydrogens is 296 g/mol. The summed E-state index contributed by atoms with van der Waals surface area (Å²) < 4.78 is 1.78. The highest BCUT2D eigenvalue weighted by Crippen LogP contribution is 2.30. The fourth-order valence-electron chi connectivity index (χ4n) is 2.63. The SMILES string of the molecule is CCCc1nc2scc(-c3ccc(C)c(C)c3)n2c1C(=O)O. The first-order chi connectivity index (χ1) is 10.5. The topological polar surface area (TPSA) is 54.6 Å². The number of nitrogens with zero attached hydrogens (tertiary/aromatic N) is 2. The van der Waals surface area contributed by atoms with Gasteiger partial charge in [0.15, 0.2) is 10.7 Å². The number of carboxylic acids is 1. The van der Waals surface area contributed by atoms with Crippen molar-refractivity contribution in [2.45, 2.75) is 33.6 Å². The van der Waals surface area contributed by atoms with Gasteiger partial charge in [0.1, 0.15) is 0 Å². The van der Waals surface area contributed by atoms with E-state index >= 15 is 0 Å². The van der Waals surface area contributed by atoms with E-state index in [1.807, 2.05) is 18.4 Å². The second-order valence-corrected chi connectivity index (χ2v) is 6.34. The predicted molar refractivity (Wildman–Crippen MR) is 88.9 cm³/mol. The molecule has 0 unspecified atom stereocenters. The van der Waals surface area contributed by atoms with Crippen LogP contribution in [-0.4, -0.2) is 20.5 Å². The Morgan fingerprint density at radius 1 is 1.32 bits per heavy atom. The maximum absolute atomic E-state index is 11.7. The molecule has 2 aromatic heterocycles. The highest BCUT2D eigenvalue weighted by molar-refractivity contribution is 7.15. The molecule has 0 saturated carbocycles. The van der Waals surface area contributed by atoms with Crippen LogP contribution in [0.3, 0.4) is 0 Å². The van der Waals surface area contributed by atoms with E-state index in [1.54, 1.807) is 4.40 Å². The number of carbonyl (C=O) groups is 1. The Morgan fingerprint density at radius 3 is 2.73 bits per heavy atom. The summed E-state index contributed by atoms with van der Waals surface area (Å²) in [5.74, 6) is -0.917. The zero-order valence-electron chi connectivity index (χ0n) is 12.9. The fourth-order valence-corrected chi connectivity index (χ4v) is 3.55. The number of hydrogen-bond donors (Lipinski definition) is 1. The molecule has 3 rings (SSSR count). The number of imidazole rings is 1. The maximum atomic E-state index is 11.7. The van der Waals surface area contributed by atoms with Crippen LogP contribution < -0.4 is 0 Å². The van der Waals surface area contributed by atoms with Gasteiger partial charge in [-0.25, -0.2) is 9.78 Å². The molecule has 0 radical (unpaired) electrons. The molecule has 1 aromatic carbocycles. The highest BCUT2D eigenvalue weighted by atomic mass is 32.1. The third-order valence-electron chi connectivity index (χ3n) is 3.93. The number of aryl methyl sites for hydroxylation is 3. The molecule has 0 amide bonds. The van der Waals surface area contributed by atoms with Crippen molar-refractivity contribution in [3.05, 3.63) is 46.1 Å². The van der Waals surface area contributed by atoms with Crippen molar-refractivity contribution < 1.29 is 9.90 Å². The third kappa shape index (κ3) is 2.31. The lowest BCUT2D eigenvalue weighted by molar-refractivity contribution is 0.0688. The van der Waals surface area contributed by atoms with Crippen molar-refractivity contribution in [2.75, 3.05) is 0 Å². The summed E-state index contributed by atoms with van der Waals surface area (Å²) in [6.45, 7) is 6.17. The van der Waals surface area contributed by atoms with Crippen molar-refractivity contribution in [1.82, 2.24) is 9.38 Å². The lowest BCUT2D eigenvalue weighted by atomic mass is 10.0. The first kappa shape index (κ1) is 14.8. The smallest absolute Gasteiger partial charge is 0.354 e. The van der Waals surface area contributed by atoms with E-state index in [9.17, 15) is 9.90 Å². The van der Waals surface area contributed by atoms with E-state index in [0.29, 0.717) is 17.8 Å². The van der Waals surface area contributed by atoms with Crippen LogP contribution >= 0.6 is 11.3 Å². The van der Waals surface area contributed by atoms with Crippen LogP contribution in [0.5, 0.6) is 0 Å². The molecule has 0 aliphatic rings. The van der Waals surface area contributed by atoms with E-state index in [0.717, 1.165) is 22.6 Å². The average molecular weight is 314 g/mol. The molecule has 0 bridgehead atoms. The monoisotopic (exact) mass is 314 g/mol. The van der Waals surface area contributed by atoms with Crippen molar-refractivity contribution in [2.24, 2.45) is 0 Å². The van der Waals surface area contributed by atoms with Crippen LogP contribution in [-0.2, 0) is 6.42 Å². The minimum absolute atomic E-state index is 0.298. The summed E-state index contributed by atoms with van der Waals surface area (Å²) >= 11 is 1.49. The first-order valence-electron chi connectivity index (χ1n) is 7.32. The zero-order valence-corrected chi connectivity index (χ0v) is 13.7. The zero-order chi connectivity index (χ0) is 15.9. The minimum Gasteiger partial charge on any atom is -0.477 e. The Morgan fingerprint density at radius 2 is 2.09 bits per heavy atom. The number of carboxylic acid groups (broad SMARTS) is 1. The molecule has 1 N–H and O–H groups in total. The number of fused-ring (bicyclic) bond motifs is 1. The third-order valence-corrected chi connectivity index (χ3v) is 4.75. The lowest BCUT2D eigenvalue weighted by Crippen LogP contribution is -2.06. The Hall–Kier alpha value is -2.14. The van der Waals surface area contributed by atoms with Crippen molar-refractivity contribution in [1.29, 1.82) is 0 Å². The Labute approximate surface area is 133 Å². The molecule has 22 heavy (non-hydrogen) atoms. The van der Waals surface area contributed by atoms with Gasteiger partial charge in [-0.05, 0) is 43.0 Å². The number of thiazole rings is 1. The molecule has 0 fully saturated rings. The van der Waals surface area contributed by atoms with Crippen LogP contribution in [0.15, 0.2) is 23.6 Å². The molecule has 4 nitrogen and oxygen atoms in total. The largest absolute Gasteiger partial charge is 0.477 e. The van der Waals surface area contributed by atoms with Crippen LogP contribution in [0.1, 0.15) is 40.7 Å². The van der Waals surface area contributed by atoms with Gasteiger partial charge in [-0.1, -0.05) is 25.5 Å². The molecule has 114 valence electrons. The van der Waals surface area contributed by atoms with Crippen LogP contribution in [0.4, 0.5) is 0 Å². The maximum Gasteiger partial charge on any atom is 0.354 e. The van der Waals surface area contributed by atoms with E-state index in [-0.39, 0.29) is 0 Å². The van der Waals surface area contributed by atoms with Gasteiger partial charge in [0.2, 0.25) is 0 Å². The molecule has 0 atom stereocenters. The Kier molecular flexibility index (Phi) is 3.74. The average Bonchev–Trinajstić information content (AvgIpc) is 3.00. The van der Waals surface area contributed by atoms with E-state index in [2.05, 4.69) is 31.0 Å². The van der Waals surface area contributed by atoms with Crippen molar-refractivity contribution in [3.8, 4) is 11.3 Å². The molecule has 0 aliphatic carbocycles. The molecule has 0 saturated heterocycles. The summed E-state index contributed by atoms with van der Waals surface area (Å²) in [6.07, 6.45) is 1.56. The lowest BCUT2D eigenvalue weighted by Gasteiger charge is -2.06. The van der Waals surface area contributed by atoms with Gasteiger partial charge in [-0.3, -0.25) is 4.40 Å². The second-order valence-electron chi connectivity index (χ2n) is 5.50. The van der Waals surface area contributed by atoms with E-state index in [1.165, 1.54) is 22.5 Å². The predicted octanol–water partition coefficient (Wildman–Crippen LogP) is 4.33. The summed E-state index contributed by atoms with van der Waals surface area (Å²) in [6, 6.07) is 6.20. The molecule has 2 heterocycles. The molecule has 0 aliphatic heterocycles. The van der Waals surface area contributed by atoms with Gasteiger partial charge >= 0.3 is 5.97 Å². The van der Waals surface area contributed by atoms with Crippen LogP contribution in [0.2, 0.25) is 0 Å². The summed E-state index contributed by atoms with van der Waals surface area (Å²) in [5.41, 5.74) is 5.32. The number of hydrogen-bond acceptors (Lipinski definition) is 3. The normalized spacial score (nSPS) is 11.2. The molecule has 3 aromatic rings. The molecule has 5 heteroatoms. The Balaban J connectivity index is 2.26. The summed E-state index contributed by atoms with van der Waals surface area (Å²) in [7, 11) is 0. The van der Waals surface area contributed by atoms with Gasteiger partial charge in [-0.2, -0.15) is 0 Å². The van der Waals surface area contributed by atoms with Crippen LogP contribution in [0, 0.1) is 13.8 Å². The number of rotatable bonds is 4. The van der Waals surface area contributed by atoms with Gasteiger partial charge in [0.05, 0.1) is 11.4 Å². The highest BCUT2D eigenvalue weighted by Gasteiger charge is 2.22. The second kappa shape index (κ2) is 5.57. The van der Waals surface area contributed by atoms with Gasteiger partial charge in [-0.15, -0.1) is 11.3 Å². The van der Waals surface area contributed by atoms with Gasteiger partial charge in [0, 0.05) is 5.38 Å². The standard InChI is InChI=1S/C17H18N2O2S/c1-4-5-13-15(16(20)21)19-14(9-22-17(19)18-13)12-7-6-10(2)11(3)8-12/h6-9H,4-5H2,1-3H3,(H,20,21). The number of aromatic nitrogens is 2. The van der Waals surface area contributed by atoms with Gasteiger partial charge < -0.3 is 5.11 Å². The van der Waals surface area contributed by atoms with Crippen molar-refractivity contribution in [3.63, 3.8) is 0 Å². The minimum atomic E-state index is -0.917.